The SMILES string of the molecule is c1cnnc([C@H]2CNCCCO2)c1. The number of nitrogens with zero attached hydrogens (tertiary/aromatic N) is 2. The van der Waals surface area contributed by atoms with Crippen LogP contribution < -0.4 is 5.32 Å². The number of aromatic nitrogens is 2. The summed E-state index contributed by atoms with van der Waals surface area (Å²) in [6.07, 6.45) is 2.81. The second-order valence-corrected chi connectivity index (χ2v) is 3.07. The molecule has 0 amide bonds. The third-order valence-electron chi connectivity index (χ3n) is 2.07. The lowest BCUT2D eigenvalue weighted by Crippen LogP contribution is -2.20. The summed E-state index contributed by atoms with van der Waals surface area (Å²) in [5, 5.41) is 11.2. The Kier molecular flexibility index (Phi) is 2.84. The van der Waals surface area contributed by atoms with Crippen LogP contribution in [0.1, 0.15) is 18.2 Å². The molecule has 0 bridgehead atoms. The first-order valence-electron chi connectivity index (χ1n) is 4.57. The molecule has 1 aromatic rings. The summed E-state index contributed by atoms with van der Waals surface area (Å²) in [6.45, 7) is 2.66. The predicted molar refractivity (Wildman–Crippen MR) is 48.2 cm³/mol. The van der Waals surface area contributed by atoms with Crippen LogP contribution >= 0.6 is 0 Å². The lowest BCUT2D eigenvalue weighted by atomic mass is 10.2. The van der Waals surface area contributed by atoms with Crippen LogP contribution in [0.2, 0.25) is 0 Å². The van der Waals surface area contributed by atoms with Crippen LogP contribution in [0.15, 0.2) is 18.3 Å². The average molecular weight is 179 g/mol. The Labute approximate surface area is 77.3 Å². The van der Waals surface area contributed by atoms with Crippen LogP contribution in [0.5, 0.6) is 0 Å². The van der Waals surface area contributed by atoms with E-state index in [1.165, 1.54) is 0 Å². The molecule has 0 radical (unpaired) electrons. The van der Waals surface area contributed by atoms with Gasteiger partial charge in [-0.2, -0.15) is 10.2 Å². The highest BCUT2D eigenvalue weighted by Crippen LogP contribution is 2.14. The summed E-state index contributed by atoms with van der Waals surface area (Å²) < 4.78 is 5.62. The van der Waals surface area contributed by atoms with Gasteiger partial charge in [-0.25, -0.2) is 0 Å². The van der Waals surface area contributed by atoms with Crippen molar-refractivity contribution in [2.45, 2.75) is 12.5 Å². The Morgan fingerprint density at radius 2 is 2.54 bits per heavy atom. The monoisotopic (exact) mass is 179 g/mol. The van der Waals surface area contributed by atoms with Gasteiger partial charge in [0.1, 0.15) is 6.10 Å². The fourth-order valence-corrected chi connectivity index (χ4v) is 1.39. The van der Waals surface area contributed by atoms with E-state index in [9.17, 15) is 0 Å². The first-order valence-corrected chi connectivity index (χ1v) is 4.57. The summed E-state index contributed by atoms with van der Waals surface area (Å²) in [5.74, 6) is 0. The van der Waals surface area contributed by atoms with Gasteiger partial charge in [0.25, 0.3) is 0 Å². The minimum absolute atomic E-state index is 0.0659. The number of rotatable bonds is 1. The molecular formula is C9H13N3O. The van der Waals surface area contributed by atoms with Crippen molar-refractivity contribution in [2.75, 3.05) is 19.7 Å². The maximum absolute atomic E-state index is 5.62. The van der Waals surface area contributed by atoms with E-state index >= 15 is 0 Å². The second kappa shape index (κ2) is 4.30. The van der Waals surface area contributed by atoms with Gasteiger partial charge in [0.05, 0.1) is 5.69 Å². The van der Waals surface area contributed by atoms with Crippen molar-refractivity contribution < 1.29 is 4.74 Å². The third kappa shape index (κ3) is 2.23. The second-order valence-electron chi connectivity index (χ2n) is 3.07. The van der Waals surface area contributed by atoms with Gasteiger partial charge in [0.15, 0.2) is 0 Å². The fraction of sp³-hybridized carbons (Fsp3) is 0.556. The zero-order chi connectivity index (χ0) is 8.93. The van der Waals surface area contributed by atoms with Crippen LogP contribution in [0.25, 0.3) is 0 Å². The lowest BCUT2D eigenvalue weighted by Gasteiger charge is -2.12. The normalized spacial score (nSPS) is 23.8. The molecule has 0 aromatic carbocycles. The molecule has 0 unspecified atom stereocenters. The van der Waals surface area contributed by atoms with Gasteiger partial charge in [0.2, 0.25) is 0 Å². The van der Waals surface area contributed by atoms with Crippen molar-refractivity contribution in [3.63, 3.8) is 0 Å². The first-order chi connectivity index (χ1) is 6.47. The number of hydrogen-bond acceptors (Lipinski definition) is 4. The van der Waals surface area contributed by atoms with Crippen molar-refractivity contribution in [2.24, 2.45) is 0 Å². The molecule has 0 saturated carbocycles. The van der Waals surface area contributed by atoms with Gasteiger partial charge in [-0.1, -0.05) is 0 Å². The van der Waals surface area contributed by atoms with Crippen molar-refractivity contribution in [1.29, 1.82) is 0 Å². The van der Waals surface area contributed by atoms with Gasteiger partial charge >= 0.3 is 0 Å². The standard InChI is InChI=1S/C9H13N3O/c1-3-8(12-11-5-1)9-7-10-4-2-6-13-9/h1,3,5,9-10H,2,4,6-7H2/t9-/m1/s1. The molecule has 4 heteroatoms. The molecule has 2 heterocycles. The summed E-state index contributed by atoms with van der Waals surface area (Å²) in [5.41, 5.74) is 0.914. The molecule has 0 spiro atoms. The maximum atomic E-state index is 5.62. The zero-order valence-corrected chi connectivity index (χ0v) is 7.44. The lowest BCUT2D eigenvalue weighted by molar-refractivity contribution is 0.0633. The van der Waals surface area contributed by atoms with Crippen LogP contribution in [-0.2, 0) is 4.74 Å². The molecule has 1 N–H and O–H groups in total. The van der Waals surface area contributed by atoms with Crippen molar-refractivity contribution in [1.82, 2.24) is 15.5 Å². The number of nitrogens with one attached hydrogen (secondary N) is 1. The molecule has 0 aliphatic carbocycles. The minimum atomic E-state index is 0.0659. The summed E-state index contributed by atoms with van der Waals surface area (Å²) in [7, 11) is 0. The largest absolute Gasteiger partial charge is 0.370 e. The van der Waals surface area contributed by atoms with Crippen LogP contribution in [0.3, 0.4) is 0 Å². The molecule has 2 rings (SSSR count). The Bertz CT molecular complexity index is 244. The van der Waals surface area contributed by atoms with E-state index in [1.54, 1.807) is 6.20 Å². The molecule has 1 saturated heterocycles. The van der Waals surface area contributed by atoms with Crippen LogP contribution in [-0.4, -0.2) is 29.9 Å². The van der Waals surface area contributed by atoms with E-state index < -0.39 is 0 Å². The molecule has 13 heavy (non-hydrogen) atoms. The fourth-order valence-electron chi connectivity index (χ4n) is 1.39. The van der Waals surface area contributed by atoms with Crippen molar-refractivity contribution in [3.8, 4) is 0 Å². The summed E-state index contributed by atoms with van der Waals surface area (Å²) >= 11 is 0. The Hall–Kier alpha value is -1.00. The molecular weight excluding hydrogens is 166 g/mol. The predicted octanol–water partition coefficient (Wildman–Crippen LogP) is 0.528. The highest BCUT2D eigenvalue weighted by molar-refractivity contribution is 5.04. The Morgan fingerprint density at radius 1 is 1.54 bits per heavy atom. The van der Waals surface area contributed by atoms with Gasteiger partial charge in [-0.15, -0.1) is 0 Å². The third-order valence-corrected chi connectivity index (χ3v) is 2.07. The van der Waals surface area contributed by atoms with Crippen LogP contribution in [0.4, 0.5) is 0 Å². The van der Waals surface area contributed by atoms with Gasteiger partial charge in [0, 0.05) is 19.3 Å². The highest BCUT2D eigenvalue weighted by Gasteiger charge is 2.15. The Morgan fingerprint density at radius 3 is 3.38 bits per heavy atom. The molecule has 1 aromatic heterocycles. The van der Waals surface area contributed by atoms with Crippen LogP contribution in [0, 0.1) is 0 Å². The molecule has 1 aliphatic heterocycles. The van der Waals surface area contributed by atoms with Crippen molar-refractivity contribution >= 4 is 0 Å². The maximum Gasteiger partial charge on any atom is 0.114 e. The highest BCUT2D eigenvalue weighted by atomic mass is 16.5. The molecule has 1 fully saturated rings. The zero-order valence-electron chi connectivity index (χ0n) is 7.44. The van der Waals surface area contributed by atoms with E-state index in [1.807, 2.05) is 12.1 Å². The molecule has 70 valence electrons. The molecule has 1 aliphatic rings. The van der Waals surface area contributed by atoms with E-state index in [0.717, 1.165) is 31.8 Å². The average Bonchev–Trinajstić information content (AvgIpc) is 2.47. The summed E-state index contributed by atoms with van der Waals surface area (Å²) in [6, 6.07) is 3.83. The first kappa shape index (κ1) is 8.59. The van der Waals surface area contributed by atoms with Gasteiger partial charge < -0.3 is 10.1 Å². The number of ether oxygens (including phenoxy) is 1. The molecule has 4 nitrogen and oxygen atoms in total. The topological polar surface area (TPSA) is 47.0 Å². The number of hydrogen-bond donors (Lipinski definition) is 1. The van der Waals surface area contributed by atoms with Gasteiger partial charge in [-0.3, -0.25) is 0 Å². The van der Waals surface area contributed by atoms with Crippen molar-refractivity contribution in [3.05, 3.63) is 24.0 Å². The van der Waals surface area contributed by atoms with E-state index in [0.29, 0.717) is 0 Å². The molecule has 1 atom stereocenters. The smallest absolute Gasteiger partial charge is 0.114 e. The van der Waals surface area contributed by atoms with E-state index in [4.69, 9.17) is 4.74 Å². The van der Waals surface area contributed by atoms with Gasteiger partial charge in [-0.05, 0) is 25.1 Å². The Balaban J connectivity index is 2.06. The van der Waals surface area contributed by atoms with E-state index in [-0.39, 0.29) is 6.10 Å². The van der Waals surface area contributed by atoms with E-state index in [2.05, 4.69) is 15.5 Å². The summed E-state index contributed by atoms with van der Waals surface area (Å²) in [4.78, 5) is 0. The quantitative estimate of drug-likeness (QED) is 0.683. The minimum Gasteiger partial charge on any atom is -0.370 e.